The number of rotatable bonds is 2. The van der Waals surface area contributed by atoms with Crippen molar-refractivity contribution in [1.82, 2.24) is 4.31 Å². The number of ether oxygens (including phenoxy) is 4. The van der Waals surface area contributed by atoms with Crippen molar-refractivity contribution in [3.8, 4) is 5.75 Å². The Morgan fingerprint density at radius 2 is 1.80 bits per heavy atom. The van der Waals surface area contributed by atoms with Gasteiger partial charge in [-0.3, -0.25) is 0 Å². The molecule has 0 spiro atoms. The highest BCUT2D eigenvalue weighted by Crippen LogP contribution is 2.44. The van der Waals surface area contributed by atoms with Crippen molar-refractivity contribution in [3.05, 3.63) is 59.7 Å². The zero-order chi connectivity index (χ0) is 24.4. The summed E-state index contributed by atoms with van der Waals surface area (Å²) in [5, 5.41) is 4.27. The molecule has 4 aliphatic heterocycles. The van der Waals surface area contributed by atoms with Gasteiger partial charge >= 0.3 is 0 Å². The van der Waals surface area contributed by atoms with Crippen LogP contribution in [-0.2, 0) is 35.6 Å². The smallest absolute Gasteiger partial charge is 0.243 e. The Balaban J connectivity index is 1.52. The first-order valence-corrected chi connectivity index (χ1v) is 13.2. The second-order valence-corrected chi connectivity index (χ2v) is 11.7. The molecule has 35 heavy (non-hydrogen) atoms. The molecule has 0 aromatic heterocycles. The number of aryl methyl sites for hydroxylation is 1. The molecule has 5 atom stereocenters. The molecule has 0 N–H and O–H groups in total. The third-order valence-corrected chi connectivity index (χ3v) is 8.73. The molecule has 2 saturated heterocycles. The van der Waals surface area contributed by atoms with Crippen LogP contribution in [0, 0.1) is 12.8 Å². The maximum atomic E-state index is 14.2. The van der Waals surface area contributed by atoms with Gasteiger partial charge in [0, 0.05) is 12.1 Å². The summed E-state index contributed by atoms with van der Waals surface area (Å²) in [5.74, 6) is -0.478. The van der Waals surface area contributed by atoms with Crippen molar-refractivity contribution >= 4 is 15.7 Å². The third-order valence-electron chi connectivity index (χ3n) is 6.87. The standard InChI is InChI=1S/C25H28N2O7S/c1-15-8-10-18(11-9-15)35(28,29)27-12-16-6-4-5-7-19(16)30-13-17-14-31-26-20(17)22-21(27)23-24(32-22)34-25(2,3)33-23/h4-11,17,21-24H,12-14H2,1-3H3/t17-,21-,22-,23-,24-/m1/s1. The van der Waals surface area contributed by atoms with Gasteiger partial charge in [0.2, 0.25) is 10.0 Å². The second kappa shape index (κ2) is 8.28. The summed E-state index contributed by atoms with van der Waals surface area (Å²) < 4.78 is 54.6. The Morgan fingerprint density at radius 3 is 2.60 bits per heavy atom. The summed E-state index contributed by atoms with van der Waals surface area (Å²) in [4.78, 5) is 5.64. The van der Waals surface area contributed by atoms with Crippen LogP contribution in [0.15, 0.2) is 58.6 Å². The lowest BCUT2D eigenvalue weighted by Crippen LogP contribution is -2.54. The molecule has 0 aliphatic carbocycles. The minimum atomic E-state index is -3.98. The molecule has 0 radical (unpaired) electrons. The molecule has 0 saturated carbocycles. The average molecular weight is 501 g/mol. The van der Waals surface area contributed by atoms with Crippen LogP contribution in [0.4, 0.5) is 0 Å². The van der Waals surface area contributed by atoms with Gasteiger partial charge in [-0.1, -0.05) is 41.1 Å². The van der Waals surface area contributed by atoms with Crippen LogP contribution >= 0.6 is 0 Å². The van der Waals surface area contributed by atoms with Gasteiger partial charge in [-0.25, -0.2) is 8.42 Å². The highest BCUT2D eigenvalue weighted by molar-refractivity contribution is 7.89. The van der Waals surface area contributed by atoms with Crippen LogP contribution in [0.3, 0.4) is 0 Å². The summed E-state index contributed by atoms with van der Waals surface area (Å²) in [6.45, 7) is 6.26. The Bertz CT molecular complexity index is 1260. The third kappa shape index (κ3) is 3.93. The number of benzene rings is 2. The highest BCUT2D eigenvalue weighted by atomic mass is 32.2. The van der Waals surface area contributed by atoms with E-state index in [-0.39, 0.29) is 17.4 Å². The van der Waals surface area contributed by atoms with E-state index in [4.69, 9.17) is 23.8 Å². The molecule has 2 aromatic carbocycles. The summed E-state index contributed by atoms with van der Waals surface area (Å²) in [7, 11) is -3.98. The highest BCUT2D eigenvalue weighted by Gasteiger charge is 2.61. The van der Waals surface area contributed by atoms with Gasteiger partial charge in [0.15, 0.2) is 12.1 Å². The number of hydrogen-bond acceptors (Lipinski definition) is 8. The average Bonchev–Trinajstić information content (AvgIpc) is 3.48. The number of oxime groups is 1. The fourth-order valence-electron chi connectivity index (χ4n) is 5.16. The monoisotopic (exact) mass is 500 g/mol. The van der Waals surface area contributed by atoms with Gasteiger partial charge < -0.3 is 23.8 Å². The van der Waals surface area contributed by atoms with Crippen molar-refractivity contribution in [2.45, 2.75) is 62.5 Å². The zero-order valence-corrected chi connectivity index (χ0v) is 20.6. The van der Waals surface area contributed by atoms with Crippen molar-refractivity contribution in [1.29, 1.82) is 0 Å². The lowest BCUT2D eigenvalue weighted by molar-refractivity contribution is -0.202. The van der Waals surface area contributed by atoms with Crippen molar-refractivity contribution < 1.29 is 32.2 Å². The van der Waals surface area contributed by atoms with E-state index in [2.05, 4.69) is 5.16 Å². The van der Waals surface area contributed by atoms with E-state index in [1.165, 1.54) is 4.31 Å². The van der Waals surface area contributed by atoms with E-state index < -0.39 is 40.4 Å². The maximum absolute atomic E-state index is 14.2. The van der Waals surface area contributed by atoms with Crippen LogP contribution in [0.5, 0.6) is 5.75 Å². The number of fused-ring (bicyclic) bond motifs is 6. The van der Waals surface area contributed by atoms with Gasteiger partial charge in [-0.05, 0) is 39.0 Å². The molecular weight excluding hydrogens is 472 g/mol. The van der Waals surface area contributed by atoms with Crippen molar-refractivity contribution in [2.75, 3.05) is 13.2 Å². The van der Waals surface area contributed by atoms with E-state index in [9.17, 15) is 8.42 Å². The van der Waals surface area contributed by atoms with E-state index in [0.29, 0.717) is 24.7 Å². The van der Waals surface area contributed by atoms with Crippen LogP contribution in [0.25, 0.3) is 0 Å². The van der Waals surface area contributed by atoms with E-state index in [1.807, 2.05) is 31.2 Å². The molecule has 2 aromatic rings. The topological polar surface area (TPSA) is 95.9 Å². The first-order chi connectivity index (χ1) is 16.7. The number of nitrogens with zero attached hydrogens (tertiary/aromatic N) is 2. The molecule has 9 nitrogen and oxygen atoms in total. The summed E-state index contributed by atoms with van der Waals surface area (Å²) in [5.41, 5.74) is 2.33. The quantitative estimate of drug-likeness (QED) is 0.626. The molecule has 2 fully saturated rings. The predicted octanol–water partition coefficient (Wildman–Crippen LogP) is 2.83. The number of sulfonamides is 1. The van der Waals surface area contributed by atoms with Gasteiger partial charge in [0.05, 0.1) is 29.2 Å². The lowest BCUT2D eigenvalue weighted by atomic mass is 9.94. The van der Waals surface area contributed by atoms with E-state index in [0.717, 1.165) is 11.1 Å². The van der Waals surface area contributed by atoms with Gasteiger partial charge in [0.1, 0.15) is 24.6 Å². The minimum Gasteiger partial charge on any atom is -0.492 e. The van der Waals surface area contributed by atoms with Crippen LogP contribution in [-0.4, -0.2) is 62.0 Å². The molecule has 10 heteroatoms. The Kier molecular flexibility index (Phi) is 5.42. The Hall–Kier alpha value is -2.50. The number of hydrogen-bond donors (Lipinski definition) is 0. The molecular formula is C25H28N2O7S. The van der Waals surface area contributed by atoms with Crippen molar-refractivity contribution in [2.24, 2.45) is 11.1 Å². The van der Waals surface area contributed by atoms with Gasteiger partial charge in [0.25, 0.3) is 0 Å². The first-order valence-electron chi connectivity index (χ1n) is 11.7. The summed E-state index contributed by atoms with van der Waals surface area (Å²) in [6.07, 6.45) is -2.09. The zero-order valence-electron chi connectivity index (χ0n) is 19.8. The van der Waals surface area contributed by atoms with Gasteiger partial charge in [-0.2, -0.15) is 4.31 Å². The Labute approximate surface area is 204 Å². The normalized spacial score (nSPS) is 31.9. The van der Waals surface area contributed by atoms with Crippen LogP contribution < -0.4 is 4.74 Å². The second-order valence-electron chi connectivity index (χ2n) is 9.81. The Morgan fingerprint density at radius 1 is 1.03 bits per heavy atom. The fourth-order valence-corrected chi connectivity index (χ4v) is 6.77. The van der Waals surface area contributed by atoms with E-state index in [1.54, 1.807) is 38.1 Å². The minimum absolute atomic E-state index is 0.0721. The molecule has 0 amide bonds. The fraction of sp³-hybridized carbons (Fsp3) is 0.480. The van der Waals surface area contributed by atoms with Gasteiger partial charge in [-0.15, -0.1) is 0 Å². The molecule has 4 aliphatic rings. The van der Waals surface area contributed by atoms with Crippen LogP contribution in [0.1, 0.15) is 25.0 Å². The molecule has 4 heterocycles. The van der Waals surface area contributed by atoms with Crippen LogP contribution in [0.2, 0.25) is 0 Å². The molecule has 186 valence electrons. The van der Waals surface area contributed by atoms with Crippen molar-refractivity contribution in [3.63, 3.8) is 0 Å². The number of para-hydroxylation sites is 1. The van der Waals surface area contributed by atoms with E-state index >= 15 is 0 Å². The molecule has 0 bridgehead atoms. The SMILES string of the molecule is Cc1ccc(S(=O)(=O)N2Cc3ccccc3OC[C@@H]3CON=C3[C@H]3O[C@@H]4OC(C)(C)O[C@@H]4[C@@H]32)cc1. The summed E-state index contributed by atoms with van der Waals surface area (Å²) in [6, 6.07) is 13.6. The maximum Gasteiger partial charge on any atom is 0.243 e. The first kappa shape index (κ1) is 22.9. The molecule has 0 unspecified atom stereocenters. The molecule has 6 rings (SSSR count). The predicted molar refractivity (Wildman–Crippen MR) is 125 cm³/mol. The lowest BCUT2D eigenvalue weighted by Gasteiger charge is -2.36. The largest absolute Gasteiger partial charge is 0.492 e. The summed E-state index contributed by atoms with van der Waals surface area (Å²) >= 11 is 0.